The van der Waals surface area contributed by atoms with Gasteiger partial charge >= 0.3 is 0 Å². The van der Waals surface area contributed by atoms with Crippen molar-refractivity contribution in [1.82, 2.24) is 4.98 Å². The van der Waals surface area contributed by atoms with Crippen molar-refractivity contribution in [3.8, 4) is 0 Å². The van der Waals surface area contributed by atoms with Crippen LogP contribution in [0.5, 0.6) is 0 Å². The molecule has 0 atom stereocenters. The van der Waals surface area contributed by atoms with Crippen LogP contribution in [0.25, 0.3) is 21.7 Å². The summed E-state index contributed by atoms with van der Waals surface area (Å²) in [5.41, 5.74) is 0.861. The second-order valence-corrected chi connectivity index (χ2v) is 3.57. The van der Waals surface area contributed by atoms with E-state index >= 15 is 0 Å². The Morgan fingerprint density at radius 1 is 0.800 bits per heavy atom. The molecule has 2 nitrogen and oxygen atoms in total. The minimum absolute atomic E-state index is 0.0566. The van der Waals surface area contributed by atoms with Crippen LogP contribution in [0, 0.1) is 0 Å². The number of hydrogen-bond acceptors (Lipinski definition) is 1. The lowest BCUT2D eigenvalue weighted by molar-refractivity contribution is 1.32. The molecule has 0 radical (unpaired) electrons. The molecule has 0 amide bonds. The number of nitrogens with one attached hydrogen (secondary N) is 1. The van der Waals surface area contributed by atoms with E-state index in [1.54, 1.807) is 6.07 Å². The van der Waals surface area contributed by atoms with E-state index in [1.165, 1.54) is 0 Å². The van der Waals surface area contributed by atoms with Gasteiger partial charge in [0, 0.05) is 11.5 Å². The smallest absolute Gasteiger partial charge is 0.248 e. The van der Waals surface area contributed by atoms with Crippen molar-refractivity contribution in [3.63, 3.8) is 0 Å². The topological polar surface area (TPSA) is 32.9 Å². The summed E-state index contributed by atoms with van der Waals surface area (Å²) in [5.74, 6) is 0. The van der Waals surface area contributed by atoms with Gasteiger partial charge in [-0.3, -0.25) is 4.79 Å². The first-order valence-electron chi connectivity index (χ1n) is 4.85. The van der Waals surface area contributed by atoms with Gasteiger partial charge in [-0.15, -0.1) is 0 Å². The summed E-state index contributed by atoms with van der Waals surface area (Å²) in [6.07, 6.45) is 0. The zero-order valence-corrected chi connectivity index (χ0v) is 8.03. The fourth-order valence-electron chi connectivity index (χ4n) is 1.90. The number of aromatic amines is 1. The highest BCUT2D eigenvalue weighted by Gasteiger charge is 1.99. The van der Waals surface area contributed by atoms with E-state index in [0.29, 0.717) is 0 Å². The maximum atomic E-state index is 11.3. The molecule has 0 aliphatic rings. The Balaban J connectivity index is 2.63. The van der Waals surface area contributed by atoms with Crippen LogP contribution in [-0.2, 0) is 0 Å². The second-order valence-electron chi connectivity index (χ2n) is 3.57. The van der Waals surface area contributed by atoms with Gasteiger partial charge in [-0.2, -0.15) is 0 Å². The molecule has 3 rings (SSSR count). The molecule has 0 bridgehead atoms. The van der Waals surface area contributed by atoms with Gasteiger partial charge in [-0.1, -0.05) is 36.4 Å². The van der Waals surface area contributed by atoms with Gasteiger partial charge in [0.15, 0.2) is 0 Å². The lowest BCUT2D eigenvalue weighted by Gasteiger charge is -2.02. The van der Waals surface area contributed by atoms with E-state index in [2.05, 4.69) is 11.1 Å². The van der Waals surface area contributed by atoms with Crippen LogP contribution in [0.3, 0.4) is 0 Å². The molecule has 15 heavy (non-hydrogen) atoms. The van der Waals surface area contributed by atoms with Crippen LogP contribution in [0.1, 0.15) is 0 Å². The Bertz CT molecular complexity index is 697. The lowest BCUT2D eigenvalue weighted by Crippen LogP contribution is -2.02. The molecule has 0 saturated carbocycles. The number of benzene rings is 2. The maximum Gasteiger partial charge on any atom is 0.248 e. The summed E-state index contributed by atoms with van der Waals surface area (Å²) in [4.78, 5) is 14.1. The number of fused-ring (bicyclic) bond motifs is 3. The van der Waals surface area contributed by atoms with Crippen molar-refractivity contribution < 1.29 is 0 Å². The number of H-pyrrole nitrogens is 1. The van der Waals surface area contributed by atoms with E-state index < -0.39 is 0 Å². The SMILES string of the molecule is O=c1ccc2ccc3ccccc3c2[nH]1. The number of hydrogen-bond donors (Lipinski definition) is 1. The van der Waals surface area contributed by atoms with Crippen molar-refractivity contribution >= 4 is 21.7 Å². The highest BCUT2D eigenvalue weighted by atomic mass is 16.1. The van der Waals surface area contributed by atoms with Gasteiger partial charge in [-0.05, 0) is 16.8 Å². The maximum absolute atomic E-state index is 11.3. The van der Waals surface area contributed by atoms with Crippen LogP contribution in [-0.4, -0.2) is 4.98 Å². The van der Waals surface area contributed by atoms with Crippen LogP contribution in [0.2, 0.25) is 0 Å². The summed E-state index contributed by atoms with van der Waals surface area (Å²) in [6.45, 7) is 0. The zero-order chi connectivity index (χ0) is 10.3. The Kier molecular flexibility index (Phi) is 1.62. The zero-order valence-electron chi connectivity index (χ0n) is 8.03. The largest absolute Gasteiger partial charge is 0.321 e. The molecule has 2 aromatic carbocycles. The molecule has 1 N–H and O–H groups in total. The van der Waals surface area contributed by atoms with E-state index in [0.717, 1.165) is 21.7 Å². The Morgan fingerprint density at radius 2 is 1.53 bits per heavy atom. The van der Waals surface area contributed by atoms with Crippen LogP contribution < -0.4 is 5.56 Å². The standard InChI is InChI=1S/C13H9NO/c15-12-8-7-10-6-5-9-3-1-2-4-11(9)13(10)14-12/h1-8H,(H,14,15). The molecule has 0 aliphatic carbocycles. The Hall–Kier alpha value is -2.09. The van der Waals surface area contributed by atoms with E-state index in [1.807, 2.05) is 36.4 Å². The molecular weight excluding hydrogens is 186 g/mol. The van der Waals surface area contributed by atoms with Crippen LogP contribution in [0.4, 0.5) is 0 Å². The normalized spacial score (nSPS) is 10.9. The molecule has 0 saturated heterocycles. The van der Waals surface area contributed by atoms with Crippen molar-refractivity contribution in [2.75, 3.05) is 0 Å². The lowest BCUT2D eigenvalue weighted by atomic mass is 10.1. The van der Waals surface area contributed by atoms with Gasteiger partial charge in [-0.25, -0.2) is 0 Å². The van der Waals surface area contributed by atoms with E-state index in [9.17, 15) is 4.79 Å². The molecule has 1 heterocycles. The van der Waals surface area contributed by atoms with Crippen molar-refractivity contribution in [3.05, 3.63) is 58.9 Å². The summed E-state index contributed by atoms with van der Waals surface area (Å²) in [6, 6.07) is 15.5. The molecule has 2 heteroatoms. The van der Waals surface area contributed by atoms with Gasteiger partial charge < -0.3 is 4.98 Å². The predicted molar refractivity (Wildman–Crippen MR) is 62.1 cm³/mol. The van der Waals surface area contributed by atoms with E-state index in [4.69, 9.17) is 0 Å². The molecule has 0 aliphatic heterocycles. The molecule has 1 aromatic heterocycles. The third-order valence-corrected chi connectivity index (χ3v) is 2.62. The van der Waals surface area contributed by atoms with Crippen molar-refractivity contribution in [1.29, 1.82) is 0 Å². The van der Waals surface area contributed by atoms with Gasteiger partial charge in [0.05, 0.1) is 5.52 Å². The van der Waals surface area contributed by atoms with Crippen LogP contribution in [0.15, 0.2) is 53.3 Å². The summed E-state index contributed by atoms with van der Waals surface area (Å²) in [7, 11) is 0. The number of pyridine rings is 1. The molecular formula is C13H9NO. The predicted octanol–water partition coefficient (Wildman–Crippen LogP) is 2.68. The second kappa shape index (κ2) is 2.95. The first-order chi connectivity index (χ1) is 7.34. The third-order valence-electron chi connectivity index (χ3n) is 2.62. The molecule has 3 aromatic rings. The number of rotatable bonds is 0. The highest BCUT2D eigenvalue weighted by Crippen LogP contribution is 2.21. The van der Waals surface area contributed by atoms with Crippen molar-refractivity contribution in [2.45, 2.75) is 0 Å². The Morgan fingerprint density at radius 3 is 2.47 bits per heavy atom. The highest BCUT2D eigenvalue weighted by molar-refractivity contribution is 6.04. The van der Waals surface area contributed by atoms with Crippen molar-refractivity contribution in [2.24, 2.45) is 0 Å². The minimum Gasteiger partial charge on any atom is -0.321 e. The van der Waals surface area contributed by atoms with Crippen LogP contribution >= 0.6 is 0 Å². The fraction of sp³-hybridized carbons (Fsp3) is 0. The average molecular weight is 195 g/mol. The summed E-state index contributed by atoms with van der Waals surface area (Å²) >= 11 is 0. The van der Waals surface area contributed by atoms with Gasteiger partial charge in [0.2, 0.25) is 5.56 Å². The molecule has 0 spiro atoms. The Labute approximate surface area is 86.2 Å². The summed E-state index contributed by atoms with van der Waals surface area (Å²) < 4.78 is 0. The first kappa shape index (κ1) is 8.24. The molecule has 0 fully saturated rings. The average Bonchev–Trinajstić information content (AvgIpc) is 2.29. The monoisotopic (exact) mass is 195 g/mol. The fourth-order valence-corrected chi connectivity index (χ4v) is 1.90. The van der Waals surface area contributed by atoms with Gasteiger partial charge in [0.1, 0.15) is 0 Å². The third kappa shape index (κ3) is 1.22. The number of aromatic nitrogens is 1. The molecule has 0 unspecified atom stereocenters. The van der Waals surface area contributed by atoms with E-state index in [-0.39, 0.29) is 5.56 Å². The summed E-state index contributed by atoms with van der Waals surface area (Å²) in [5, 5.41) is 3.30. The minimum atomic E-state index is -0.0566. The van der Waals surface area contributed by atoms with Gasteiger partial charge in [0.25, 0.3) is 0 Å². The first-order valence-corrected chi connectivity index (χ1v) is 4.85. The quantitative estimate of drug-likeness (QED) is 0.549. The molecule has 72 valence electrons.